The number of hydrogen-bond donors (Lipinski definition) is 1. The van der Waals surface area contributed by atoms with Crippen LogP contribution in [-0.4, -0.2) is 20.3 Å². The lowest BCUT2D eigenvalue weighted by atomic mass is 9.85. The molecule has 0 spiro atoms. The van der Waals surface area contributed by atoms with E-state index < -0.39 is 20.9 Å². The first-order valence-electron chi connectivity index (χ1n) is 7.89. The lowest BCUT2D eigenvalue weighted by Crippen LogP contribution is -2.43. The number of nitrogens with zero attached hydrogens (tertiary/aromatic N) is 3. The van der Waals surface area contributed by atoms with Gasteiger partial charge in [-0.15, -0.1) is 0 Å². The second-order valence-electron chi connectivity index (χ2n) is 7.30. The fourth-order valence-corrected chi connectivity index (χ4v) is 3.75. The molecule has 1 aromatic carbocycles. The Morgan fingerprint density at radius 3 is 2.38 bits per heavy atom. The van der Waals surface area contributed by atoms with E-state index >= 15 is 0 Å². The maximum Gasteiger partial charge on any atom is 0.187 e. The standard InChI is InChI=1S/C16H25Cl2N3O2Si/c1-15(2,3)9-8-14(22)16(20-21-19,23-24(4)5)11-6-7-12(17)13(18)10-11/h6-7,10,14,22,24H,8-9H2,1-5H3. The molecule has 0 aliphatic rings. The van der Waals surface area contributed by atoms with E-state index in [2.05, 4.69) is 30.8 Å². The Balaban J connectivity index is 3.37. The van der Waals surface area contributed by atoms with Gasteiger partial charge in [-0.25, -0.2) is 0 Å². The van der Waals surface area contributed by atoms with Gasteiger partial charge in [-0.2, -0.15) is 0 Å². The summed E-state index contributed by atoms with van der Waals surface area (Å²) in [4.78, 5) is 2.94. The highest BCUT2D eigenvalue weighted by Crippen LogP contribution is 2.38. The molecule has 0 aliphatic carbocycles. The number of benzene rings is 1. The van der Waals surface area contributed by atoms with Crippen molar-refractivity contribution < 1.29 is 9.53 Å². The molecule has 0 saturated heterocycles. The predicted molar refractivity (Wildman–Crippen MR) is 102 cm³/mol. The first-order chi connectivity index (χ1) is 11.0. The Hall–Kier alpha value is -0.753. The fourth-order valence-electron chi connectivity index (χ4n) is 2.40. The van der Waals surface area contributed by atoms with Crippen LogP contribution < -0.4 is 0 Å². The van der Waals surface area contributed by atoms with Gasteiger partial charge in [-0.3, -0.25) is 0 Å². The van der Waals surface area contributed by atoms with E-state index in [4.69, 9.17) is 33.2 Å². The quantitative estimate of drug-likeness (QED) is 0.283. The van der Waals surface area contributed by atoms with Gasteiger partial charge in [0, 0.05) is 4.91 Å². The molecule has 1 N–H and O–H groups in total. The second kappa shape index (κ2) is 8.56. The Bertz CT molecular complexity index is 616. The van der Waals surface area contributed by atoms with Crippen LogP contribution in [0.2, 0.25) is 23.1 Å². The van der Waals surface area contributed by atoms with E-state index in [1.165, 1.54) is 0 Å². The van der Waals surface area contributed by atoms with Crippen LogP contribution in [0.5, 0.6) is 0 Å². The molecule has 24 heavy (non-hydrogen) atoms. The van der Waals surface area contributed by atoms with E-state index in [9.17, 15) is 5.11 Å². The molecule has 8 heteroatoms. The van der Waals surface area contributed by atoms with Crippen molar-refractivity contribution in [3.05, 3.63) is 44.3 Å². The molecule has 1 aromatic rings. The molecule has 0 aromatic heterocycles. The van der Waals surface area contributed by atoms with Crippen molar-refractivity contribution in [1.29, 1.82) is 0 Å². The molecule has 0 bridgehead atoms. The van der Waals surface area contributed by atoms with Crippen LogP contribution in [0.1, 0.15) is 39.2 Å². The average molecular weight is 390 g/mol. The molecule has 2 unspecified atom stereocenters. The first-order valence-corrected chi connectivity index (χ1v) is 11.4. The van der Waals surface area contributed by atoms with E-state index in [1.54, 1.807) is 18.2 Å². The maximum atomic E-state index is 10.9. The Labute approximate surface area is 155 Å². The van der Waals surface area contributed by atoms with Gasteiger partial charge in [0.1, 0.15) is 0 Å². The second-order valence-corrected chi connectivity index (χ2v) is 10.4. The number of rotatable bonds is 7. The monoisotopic (exact) mass is 389 g/mol. The molecule has 134 valence electrons. The van der Waals surface area contributed by atoms with Crippen LogP contribution >= 0.6 is 23.2 Å². The van der Waals surface area contributed by atoms with Crippen molar-refractivity contribution >= 4 is 32.2 Å². The zero-order valence-electron chi connectivity index (χ0n) is 14.8. The van der Waals surface area contributed by atoms with Gasteiger partial charge in [0.25, 0.3) is 0 Å². The number of azide groups is 1. The lowest BCUT2D eigenvalue weighted by Gasteiger charge is -2.37. The number of aliphatic hydroxyl groups is 1. The predicted octanol–water partition coefficient (Wildman–Crippen LogP) is 5.64. The average Bonchev–Trinajstić information content (AvgIpc) is 2.45. The highest BCUT2D eigenvalue weighted by molar-refractivity contribution is 6.48. The van der Waals surface area contributed by atoms with Gasteiger partial charge in [-0.1, -0.05) is 55.2 Å². The minimum Gasteiger partial charge on any atom is -0.404 e. The highest BCUT2D eigenvalue weighted by Gasteiger charge is 2.41. The van der Waals surface area contributed by atoms with Crippen molar-refractivity contribution in [2.45, 2.75) is 58.5 Å². The minimum atomic E-state index is -1.65. The van der Waals surface area contributed by atoms with Crippen molar-refractivity contribution in [3.8, 4) is 0 Å². The summed E-state index contributed by atoms with van der Waals surface area (Å²) in [7, 11) is -1.65. The van der Waals surface area contributed by atoms with Gasteiger partial charge in [-0.05, 0) is 54.6 Å². The van der Waals surface area contributed by atoms with Gasteiger partial charge < -0.3 is 9.53 Å². The summed E-state index contributed by atoms with van der Waals surface area (Å²) in [5, 5.41) is 15.5. The summed E-state index contributed by atoms with van der Waals surface area (Å²) in [6.07, 6.45) is 0.199. The van der Waals surface area contributed by atoms with E-state index in [1.807, 2.05) is 13.1 Å². The third kappa shape index (κ3) is 5.65. The van der Waals surface area contributed by atoms with Crippen molar-refractivity contribution in [3.63, 3.8) is 0 Å². The van der Waals surface area contributed by atoms with Gasteiger partial charge >= 0.3 is 0 Å². The number of hydrogen-bond acceptors (Lipinski definition) is 3. The topological polar surface area (TPSA) is 78.2 Å². The zero-order chi connectivity index (χ0) is 18.5. The molecular formula is C16H25Cl2N3O2Si. The molecule has 5 nitrogen and oxygen atoms in total. The summed E-state index contributed by atoms with van der Waals surface area (Å²) in [6.45, 7) is 10.2. The van der Waals surface area contributed by atoms with Crippen LogP contribution in [-0.2, 0) is 10.2 Å². The number of halogens is 2. The minimum absolute atomic E-state index is 0.0377. The summed E-state index contributed by atoms with van der Waals surface area (Å²) < 4.78 is 6.05. The van der Waals surface area contributed by atoms with Crippen molar-refractivity contribution in [2.24, 2.45) is 10.5 Å². The largest absolute Gasteiger partial charge is 0.404 e. The van der Waals surface area contributed by atoms with E-state index in [0.717, 1.165) is 6.42 Å². The zero-order valence-corrected chi connectivity index (χ0v) is 17.4. The van der Waals surface area contributed by atoms with E-state index in [-0.39, 0.29) is 5.41 Å². The van der Waals surface area contributed by atoms with Crippen LogP contribution in [0, 0.1) is 5.41 Å². The Morgan fingerprint density at radius 2 is 1.92 bits per heavy atom. The van der Waals surface area contributed by atoms with Gasteiger partial charge in [0.15, 0.2) is 14.8 Å². The fraction of sp³-hybridized carbons (Fsp3) is 0.625. The van der Waals surface area contributed by atoms with Crippen LogP contribution in [0.3, 0.4) is 0 Å². The van der Waals surface area contributed by atoms with E-state index in [0.29, 0.717) is 22.0 Å². The third-order valence-corrected chi connectivity index (χ3v) is 5.13. The normalized spacial score (nSPS) is 15.7. The van der Waals surface area contributed by atoms with Crippen LogP contribution in [0.15, 0.2) is 23.3 Å². The smallest absolute Gasteiger partial charge is 0.187 e. The third-order valence-electron chi connectivity index (χ3n) is 3.56. The highest BCUT2D eigenvalue weighted by atomic mass is 35.5. The van der Waals surface area contributed by atoms with Gasteiger partial charge in [0.2, 0.25) is 0 Å². The molecule has 0 amide bonds. The lowest BCUT2D eigenvalue weighted by molar-refractivity contribution is -0.0646. The SMILES string of the molecule is C[SiH](C)OC(N=[N+]=[N-])(c1ccc(Cl)c(Cl)c1)C(O)CCC(C)(C)C. The maximum absolute atomic E-state index is 10.9. The molecular weight excluding hydrogens is 365 g/mol. The molecule has 0 fully saturated rings. The Morgan fingerprint density at radius 1 is 1.29 bits per heavy atom. The number of aliphatic hydroxyl groups excluding tert-OH is 1. The van der Waals surface area contributed by atoms with Crippen LogP contribution in [0.25, 0.3) is 10.4 Å². The molecule has 0 heterocycles. The molecule has 1 rings (SSSR count). The summed E-state index contributed by atoms with van der Waals surface area (Å²) >= 11 is 12.1. The molecule has 0 saturated carbocycles. The first kappa shape index (κ1) is 21.3. The van der Waals surface area contributed by atoms with Crippen molar-refractivity contribution in [2.75, 3.05) is 0 Å². The summed E-state index contributed by atoms with van der Waals surface area (Å²) in [6, 6.07) is 4.89. The molecule has 0 aliphatic heterocycles. The summed E-state index contributed by atoms with van der Waals surface area (Å²) in [5.41, 5.74) is 8.16. The summed E-state index contributed by atoms with van der Waals surface area (Å²) in [5.74, 6) is 0. The molecule has 2 atom stereocenters. The molecule has 0 radical (unpaired) electrons. The van der Waals surface area contributed by atoms with Crippen molar-refractivity contribution in [1.82, 2.24) is 0 Å². The van der Waals surface area contributed by atoms with Gasteiger partial charge in [0.05, 0.1) is 16.1 Å². The van der Waals surface area contributed by atoms with Crippen LogP contribution in [0.4, 0.5) is 0 Å². The Kier molecular flexibility index (Phi) is 7.60.